The van der Waals surface area contributed by atoms with Crippen LogP contribution in [0.15, 0.2) is 90.1 Å². The molecule has 8 heteroatoms. The minimum Gasteiger partial charge on any atom is -0.345 e. The largest absolute Gasteiger partial charge is 0.345 e. The van der Waals surface area contributed by atoms with Crippen LogP contribution in [0, 0.1) is 6.92 Å². The van der Waals surface area contributed by atoms with Crippen molar-refractivity contribution in [3.8, 4) is 5.69 Å². The van der Waals surface area contributed by atoms with Gasteiger partial charge in [0.15, 0.2) is 11.0 Å². The number of hydrogen-bond acceptors (Lipinski definition) is 5. The molecule has 7 nitrogen and oxygen atoms in total. The van der Waals surface area contributed by atoms with E-state index in [4.69, 9.17) is 0 Å². The van der Waals surface area contributed by atoms with Crippen molar-refractivity contribution in [1.29, 1.82) is 0 Å². The fourth-order valence-electron chi connectivity index (χ4n) is 3.25. The van der Waals surface area contributed by atoms with Gasteiger partial charge in [-0.1, -0.05) is 60.3 Å². The first-order valence-electron chi connectivity index (χ1n) is 10.4. The highest BCUT2D eigenvalue weighted by atomic mass is 32.2. The molecule has 3 aromatic carbocycles. The van der Waals surface area contributed by atoms with E-state index in [0.29, 0.717) is 16.5 Å². The zero-order valence-corrected chi connectivity index (χ0v) is 18.9. The summed E-state index contributed by atoms with van der Waals surface area (Å²) in [6.45, 7) is 2.18. The SMILES string of the molecule is Cc1cccc(NC(=O)CSc2nnc(CNC(=O)c3ccccc3)n2-c2ccccc2)c1. The van der Waals surface area contributed by atoms with Crippen molar-refractivity contribution in [2.75, 3.05) is 11.1 Å². The summed E-state index contributed by atoms with van der Waals surface area (Å²) < 4.78 is 1.86. The molecule has 0 aliphatic carbocycles. The number of benzene rings is 3. The second-order valence-corrected chi connectivity index (χ2v) is 8.27. The van der Waals surface area contributed by atoms with E-state index in [0.717, 1.165) is 16.9 Å². The van der Waals surface area contributed by atoms with Gasteiger partial charge < -0.3 is 10.6 Å². The van der Waals surface area contributed by atoms with Gasteiger partial charge in [-0.05, 0) is 48.9 Å². The summed E-state index contributed by atoms with van der Waals surface area (Å²) in [6, 6.07) is 26.3. The van der Waals surface area contributed by atoms with Crippen LogP contribution in [0.3, 0.4) is 0 Å². The van der Waals surface area contributed by atoms with E-state index >= 15 is 0 Å². The van der Waals surface area contributed by atoms with Crippen LogP contribution in [-0.2, 0) is 11.3 Å². The van der Waals surface area contributed by atoms with Crippen LogP contribution in [0.4, 0.5) is 5.69 Å². The Morgan fingerprint density at radius 3 is 2.36 bits per heavy atom. The molecular formula is C25H23N5O2S. The Hall–Kier alpha value is -3.91. The highest BCUT2D eigenvalue weighted by Gasteiger charge is 2.17. The summed E-state index contributed by atoms with van der Waals surface area (Å²) in [5, 5.41) is 14.9. The van der Waals surface area contributed by atoms with E-state index < -0.39 is 0 Å². The van der Waals surface area contributed by atoms with Gasteiger partial charge in [-0.25, -0.2) is 0 Å². The van der Waals surface area contributed by atoms with Crippen molar-refractivity contribution in [3.05, 3.63) is 102 Å². The van der Waals surface area contributed by atoms with Crippen LogP contribution >= 0.6 is 11.8 Å². The van der Waals surface area contributed by atoms with E-state index in [-0.39, 0.29) is 24.1 Å². The van der Waals surface area contributed by atoms with Crippen molar-refractivity contribution in [3.63, 3.8) is 0 Å². The van der Waals surface area contributed by atoms with E-state index in [1.807, 2.05) is 84.3 Å². The lowest BCUT2D eigenvalue weighted by molar-refractivity contribution is -0.113. The smallest absolute Gasteiger partial charge is 0.251 e. The fraction of sp³-hybridized carbons (Fsp3) is 0.120. The molecule has 2 N–H and O–H groups in total. The number of thioether (sulfide) groups is 1. The minimum absolute atomic E-state index is 0.132. The molecule has 0 bridgehead atoms. The molecule has 4 aromatic rings. The zero-order valence-electron chi connectivity index (χ0n) is 18.1. The monoisotopic (exact) mass is 457 g/mol. The minimum atomic E-state index is -0.190. The van der Waals surface area contributed by atoms with Gasteiger partial charge >= 0.3 is 0 Å². The Labute approximate surface area is 196 Å². The number of anilines is 1. The van der Waals surface area contributed by atoms with E-state index in [9.17, 15) is 9.59 Å². The first kappa shape index (κ1) is 22.3. The molecule has 1 aromatic heterocycles. The highest BCUT2D eigenvalue weighted by molar-refractivity contribution is 7.99. The standard InChI is InChI=1S/C25H23N5O2S/c1-18-9-8-12-20(15-18)27-23(31)17-33-25-29-28-22(30(25)21-13-6-3-7-14-21)16-26-24(32)19-10-4-2-5-11-19/h2-15H,16-17H2,1H3,(H,26,32)(H,27,31). The predicted molar refractivity (Wildman–Crippen MR) is 130 cm³/mol. The highest BCUT2D eigenvalue weighted by Crippen LogP contribution is 2.22. The topological polar surface area (TPSA) is 88.9 Å². The summed E-state index contributed by atoms with van der Waals surface area (Å²) in [5.74, 6) is 0.430. The van der Waals surface area contributed by atoms with Crippen LogP contribution in [-0.4, -0.2) is 32.3 Å². The predicted octanol–water partition coefficient (Wildman–Crippen LogP) is 4.24. The van der Waals surface area contributed by atoms with Gasteiger partial charge in [0.2, 0.25) is 5.91 Å². The summed E-state index contributed by atoms with van der Waals surface area (Å²) in [4.78, 5) is 24.9. The van der Waals surface area contributed by atoms with Gasteiger partial charge in [-0.3, -0.25) is 14.2 Å². The van der Waals surface area contributed by atoms with Crippen molar-refractivity contribution < 1.29 is 9.59 Å². The van der Waals surface area contributed by atoms with Crippen LogP contribution in [0.5, 0.6) is 0 Å². The lowest BCUT2D eigenvalue weighted by atomic mass is 10.2. The maximum absolute atomic E-state index is 12.5. The van der Waals surface area contributed by atoms with Gasteiger partial charge in [0.25, 0.3) is 5.91 Å². The van der Waals surface area contributed by atoms with Gasteiger partial charge in [0, 0.05) is 16.9 Å². The molecule has 1 heterocycles. The molecule has 0 spiro atoms. The number of carbonyl (C=O) groups is 2. The molecule has 0 atom stereocenters. The van der Waals surface area contributed by atoms with Crippen molar-refractivity contribution in [2.45, 2.75) is 18.6 Å². The Balaban J connectivity index is 1.48. The average molecular weight is 458 g/mol. The lowest BCUT2D eigenvalue weighted by Gasteiger charge is -2.11. The van der Waals surface area contributed by atoms with Crippen molar-refractivity contribution in [2.24, 2.45) is 0 Å². The maximum Gasteiger partial charge on any atom is 0.251 e. The van der Waals surface area contributed by atoms with E-state index in [1.54, 1.807) is 12.1 Å². The molecule has 166 valence electrons. The Morgan fingerprint density at radius 2 is 1.64 bits per heavy atom. The molecule has 2 amide bonds. The third kappa shape index (κ3) is 5.87. The van der Waals surface area contributed by atoms with Crippen LogP contribution < -0.4 is 10.6 Å². The van der Waals surface area contributed by atoms with Gasteiger partial charge in [0.05, 0.1) is 12.3 Å². The molecule has 0 saturated carbocycles. The van der Waals surface area contributed by atoms with Gasteiger partial charge in [-0.2, -0.15) is 0 Å². The summed E-state index contributed by atoms with van der Waals surface area (Å²) in [7, 11) is 0. The van der Waals surface area contributed by atoms with Crippen LogP contribution in [0.2, 0.25) is 0 Å². The molecule has 0 saturated heterocycles. The Morgan fingerprint density at radius 1 is 0.909 bits per heavy atom. The number of aromatic nitrogens is 3. The van der Waals surface area contributed by atoms with Gasteiger partial charge in [-0.15, -0.1) is 10.2 Å². The molecule has 4 rings (SSSR count). The molecule has 33 heavy (non-hydrogen) atoms. The number of aryl methyl sites for hydroxylation is 1. The summed E-state index contributed by atoms with van der Waals surface area (Å²) in [5.41, 5.74) is 3.26. The van der Waals surface area contributed by atoms with E-state index in [2.05, 4.69) is 20.8 Å². The van der Waals surface area contributed by atoms with Crippen LogP contribution in [0.1, 0.15) is 21.7 Å². The molecule has 0 aliphatic rings. The second-order valence-electron chi connectivity index (χ2n) is 7.32. The number of carbonyl (C=O) groups excluding carboxylic acids is 2. The molecular weight excluding hydrogens is 434 g/mol. The summed E-state index contributed by atoms with van der Waals surface area (Å²) in [6.07, 6.45) is 0. The molecule has 0 radical (unpaired) electrons. The summed E-state index contributed by atoms with van der Waals surface area (Å²) >= 11 is 1.29. The number of amides is 2. The number of nitrogens with zero attached hydrogens (tertiary/aromatic N) is 3. The number of nitrogens with one attached hydrogen (secondary N) is 2. The third-order valence-electron chi connectivity index (χ3n) is 4.79. The van der Waals surface area contributed by atoms with Crippen molar-refractivity contribution in [1.82, 2.24) is 20.1 Å². The molecule has 0 fully saturated rings. The number of hydrogen-bond donors (Lipinski definition) is 2. The first-order chi connectivity index (χ1) is 16.1. The Bertz CT molecular complexity index is 1240. The normalized spacial score (nSPS) is 10.6. The Kier molecular flexibility index (Phi) is 7.16. The molecule has 0 aliphatic heterocycles. The quantitative estimate of drug-likeness (QED) is 0.387. The zero-order chi connectivity index (χ0) is 23.0. The molecule has 0 unspecified atom stereocenters. The van der Waals surface area contributed by atoms with Crippen molar-refractivity contribution >= 4 is 29.3 Å². The van der Waals surface area contributed by atoms with E-state index in [1.165, 1.54) is 11.8 Å². The second kappa shape index (κ2) is 10.6. The average Bonchev–Trinajstić information content (AvgIpc) is 3.25. The van der Waals surface area contributed by atoms with Crippen LogP contribution in [0.25, 0.3) is 5.69 Å². The first-order valence-corrected chi connectivity index (χ1v) is 11.4. The maximum atomic E-state index is 12.5. The third-order valence-corrected chi connectivity index (χ3v) is 5.72. The lowest BCUT2D eigenvalue weighted by Crippen LogP contribution is -2.24. The number of para-hydroxylation sites is 1. The van der Waals surface area contributed by atoms with Gasteiger partial charge in [0.1, 0.15) is 0 Å². The fourth-order valence-corrected chi connectivity index (χ4v) is 4.02. The number of rotatable bonds is 8.